The average Bonchev–Trinajstić information content (AvgIpc) is 3.46. The smallest absolute Gasteiger partial charge is 0.409 e. The van der Waals surface area contributed by atoms with E-state index in [1.165, 1.54) is 29.5 Å². The number of aromatic amines is 1. The third kappa shape index (κ3) is 4.12. The lowest BCUT2D eigenvalue weighted by Crippen LogP contribution is -2.49. The van der Waals surface area contributed by atoms with Gasteiger partial charge in [0, 0.05) is 53.4 Å². The number of methoxy groups -OCH3 is 1. The first-order valence-corrected chi connectivity index (χ1v) is 13.4. The summed E-state index contributed by atoms with van der Waals surface area (Å²) in [6.45, 7) is 5.84. The molecular weight excluding hydrogens is 483 g/mol. The minimum absolute atomic E-state index is 0.228. The number of amides is 1. The number of hydrogen-bond acceptors (Lipinski definition) is 5. The number of likely N-dealkylation sites (tertiary alicyclic amines) is 1. The summed E-state index contributed by atoms with van der Waals surface area (Å²) in [7, 11) is 1.47. The number of rotatable bonds is 5. The molecule has 1 saturated heterocycles. The number of piperidine rings is 1. The van der Waals surface area contributed by atoms with Crippen molar-refractivity contribution >= 4 is 33.7 Å². The summed E-state index contributed by atoms with van der Waals surface area (Å²) < 4.78 is 24.9. The van der Waals surface area contributed by atoms with Gasteiger partial charge in [-0.15, -0.1) is 0 Å². The summed E-state index contributed by atoms with van der Waals surface area (Å²) in [6, 6.07) is 14.1. The van der Waals surface area contributed by atoms with Crippen molar-refractivity contribution in [1.29, 1.82) is 0 Å². The maximum absolute atomic E-state index is 14.5. The maximum Gasteiger partial charge on any atom is 0.409 e. The van der Waals surface area contributed by atoms with Crippen LogP contribution in [0.2, 0.25) is 0 Å². The molecule has 0 saturated carbocycles. The molecular formula is C30H33FN4O3. The lowest BCUT2D eigenvalue weighted by molar-refractivity contribution is 0.0965. The van der Waals surface area contributed by atoms with E-state index in [0.29, 0.717) is 38.2 Å². The van der Waals surface area contributed by atoms with Crippen LogP contribution in [0.15, 0.2) is 42.5 Å². The number of halogens is 1. The average molecular weight is 517 g/mol. The number of ether oxygens (including phenoxy) is 2. The summed E-state index contributed by atoms with van der Waals surface area (Å²) in [5, 5.41) is 2.40. The van der Waals surface area contributed by atoms with Crippen molar-refractivity contribution in [1.82, 2.24) is 14.9 Å². The number of carbonyl (C=O) groups is 1. The highest BCUT2D eigenvalue weighted by Crippen LogP contribution is 2.43. The molecule has 1 unspecified atom stereocenters. The van der Waals surface area contributed by atoms with E-state index >= 15 is 0 Å². The summed E-state index contributed by atoms with van der Waals surface area (Å²) in [5.41, 5.74) is 5.11. The number of H-pyrrole nitrogens is 1. The van der Waals surface area contributed by atoms with Crippen LogP contribution in [0, 0.1) is 5.82 Å². The largest absolute Gasteiger partial charge is 0.494 e. The van der Waals surface area contributed by atoms with Gasteiger partial charge in [0.1, 0.15) is 5.82 Å². The van der Waals surface area contributed by atoms with Crippen molar-refractivity contribution in [3.63, 3.8) is 0 Å². The summed E-state index contributed by atoms with van der Waals surface area (Å²) in [4.78, 5) is 25.4. The van der Waals surface area contributed by atoms with Gasteiger partial charge in [-0.1, -0.05) is 24.3 Å². The van der Waals surface area contributed by atoms with Gasteiger partial charge in [0.2, 0.25) is 0 Å². The van der Waals surface area contributed by atoms with E-state index in [2.05, 4.69) is 35.0 Å². The van der Waals surface area contributed by atoms with Gasteiger partial charge in [-0.05, 0) is 56.9 Å². The van der Waals surface area contributed by atoms with Crippen LogP contribution in [0.25, 0.3) is 21.8 Å². The number of fused-ring (bicyclic) bond motifs is 5. The predicted octanol–water partition coefficient (Wildman–Crippen LogP) is 5.83. The van der Waals surface area contributed by atoms with Crippen LogP contribution in [-0.4, -0.2) is 59.9 Å². The molecule has 7 nitrogen and oxygen atoms in total. The van der Waals surface area contributed by atoms with Crippen LogP contribution < -0.4 is 9.64 Å². The Morgan fingerprint density at radius 1 is 1.18 bits per heavy atom. The first-order valence-electron chi connectivity index (χ1n) is 13.4. The maximum atomic E-state index is 14.5. The minimum atomic E-state index is -0.373. The molecule has 1 atom stereocenters. The molecule has 6 rings (SSSR count). The fourth-order valence-electron chi connectivity index (χ4n) is 6.26. The fourth-order valence-corrected chi connectivity index (χ4v) is 6.26. The molecule has 8 heteroatoms. The zero-order chi connectivity index (χ0) is 26.4. The number of pyridine rings is 1. The van der Waals surface area contributed by atoms with Crippen molar-refractivity contribution in [2.24, 2.45) is 0 Å². The Morgan fingerprint density at radius 2 is 1.97 bits per heavy atom. The van der Waals surface area contributed by atoms with E-state index in [-0.39, 0.29) is 17.7 Å². The lowest BCUT2D eigenvalue weighted by atomic mass is 10.0. The van der Waals surface area contributed by atoms with Gasteiger partial charge >= 0.3 is 6.09 Å². The molecule has 1 fully saturated rings. The Kier molecular flexibility index (Phi) is 6.33. The highest BCUT2D eigenvalue weighted by atomic mass is 19.1. The molecule has 4 heterocycles. The van der Waals surface area contributed by atoms with Gasteiger partial charge in [0.25, 0.3) is 0 Å². The Hall–Kier alpha value is -3.81. The summed E-state index contributed by atoms with van der Waals surface area (Å²) in [5.74, 6) is 0.886. The van der Waals surface area contributed by atoms with Crippen molar-refractivity contribution in [2.75, 3.05) is 31.7 Å². The van der Waals surface area contributed by atoms with Crippen LogP contribution in [0.1, 0.15) is 43.5 Å². The molecule has 0 radical (unpaired) electrons. The van der Waals surface area contributed by atoms with Gasteiger partial charge in [-0.25, -0.2) is 14.2 Å². The number of hydrogen-bond donors (Lipinski definition) is 1. The topological polar surface area (TPSA) is 70.7 Å². The third-order valence-electron chi connectivity index (χ3n) is 8.00. The fraction of sp³-hybridized carbons (Fsp3) is 0.400. The van der Waals surface area contributed by atoms with Gasteiger partial charge in [-0.2, -0.15) is 0 Å². The van der Waals surface area contributed by atoms with E-state index in [9.17, 15) is 9.18 Å². The van der Waals surface area contributed by atoms with Gasteiger partial charge in [0.15, 0.2) is 11.6 Å². The Balaban J connectivity index is 1.41. The quantitative estimate of drug-likeness (QED) is 0.362. The highest BCUT2D eigenvalue weighted by molar-refractivity contribution is 6.11. The first-order chi connectivity index (χ1) is 18.5. The number of aromatic nitrogens is 2. The van der Waals surface area contributed by atoms with Crippen LogP contribution in [0.3, 0.4) is 0 Å². The molecule has 2 aliphatic heterocycles. The van der Waals surface area contributed by atoms with Crippen LogP contribution >= 0.6 is 0 Å². The number of anilines is 1. The Bertz CT molecular complexity index is 1510. The predicted molar refractivity (Wildman–Crippen MR) is 147 cm³/mol. The van der Waals surface area contributed by atoms with Crippen molar-refractivity contribution in [2.45, 2.75) is 51.6 Å². The first kappa shape index (κ1) is 24.5. The van der Waals surface area contributed by atoms with E-state index in [0.717, 1.165) is 47.4 Å². The highest BCUT2D eigenvalue weighted by Gasteiger charge is 2.38. The molecule has 198 valence electrons. The number of para-hydroxylation sites is 1. The van der Waals surface area contributed by atoms with Crippen LogP contribution in [0.4, 0.5) is 15.0 Å². The Labute approximate surface area is 221 Å². The van der Waals surface area contributed by atoms with E-state index in [1.807, 2.05) is 24.0 Å². The van der Waals surface area contributed by atoms with Crippen molar-refractivity contribution in [3.8, 4) is 5.75 Å². The van der Waals surface area contributed by atoms with E-state index < -0.39 is 0 Å². The monoisotopic (exact) mass is 516 g/mol. The van der Waals surface area contributed by atoms with Gasteiger partial charge in [0.05, 0.1) is 24.9 Å². The lowest BCUT2D eigenvalue weighted by Gasteiger charge is -2.39. The second-order valence-corrected chi connectivity index (χ2v) is 10.3. The summed E-state index contributed by atoms with van der Waals surface area (Å²) >= 11 is 0. The van der Waals surface area contributed by atoms with Crippen molar-refractivity contribution < 1.29 is 18.7 Å². The van der Waals surface area contributed by atoms with Gasteiger partial charge in [-0.3, -0.25) is 0 Å². The molecule has 2 aromatic carbocycles. The van der Waals surface area contributed by atoms with Crippen molar-refractivity contribution in [3.05, 3.63) is 65.1 Å². The van der Waals surface area contributed by atoms with Crippen LogP contribution in [-0.2, 0) is 17.6 Å². The molecule has 1 amide bonds. The van der Waals surface area contributed by atoms with E-state index in [4.69, 9.17) is 14.5 Å². The molecule has 2 aliphatic rings. The Morgan fingerprint density at radius 3 is 2.71 bits per heavy atom. The standard InChI is InChI=1S/C30H33FN4O3/c1-4-38-30(36)34-13-11-20(12-14-34)35-18(2)15-22-27-21-7-5-6-8-24(21)32-28(27)25(33-29(22)35)17-19-9-10-26(37-3)23(31)16-19/h5-10,16,18,20,32H,4,11-15,17H2,1-3H3. The number of carbonyl (C=O) groups excluding carboxylic acids is 1. The van der Waals surface area contributed by atoms with Gasteiger partial charge < -0.3 is 24.3 Å². The molecule has 1 N–H and O–H groups in total. The molecule has 0 bridgehead atoms. The zero-order valence-corrected chi connectivity index (χ0v) is 22.1. The zero-order valence-electron chi connectivity index (χ0n) is 22.1. The summed E-state index contributed by atoms with van der Waals surface area (Å²) in [6.07, 6.45) is 2.93. The molecule has 0 aliphatic carbocycles. The third-order valence-corrected chi connectivity index (χ3v) is 8.00. The van der Waals surface area contributed by atoms with E-state index in [1.54, 1.807) is 6.07 Å². The molecule has 38 heavy (non-hydrogen) atoms. The minimum Gasteiger partial charge on any atom is -0.494 e. The number of nitrogens with one attached hydrogen (secondary N) is 1. The normalized spacial score (nSPS) is 17.8. The number of benzene rings is 2. The van der Waals surface area contributed by atoms with Crippen LogP contribution in [0.5, 0.6) is 5.75 Å². The molecule has 4 aromatic rings. The molecule has 0 spiro atoms. The second-order valence-electron chi connectivity index (χ2n) is 10.3. The SMILES string of the molecule is CCOC(=O)N1CCC(N2c3nc(Cc4ccc(OC)c(F)c4)c4[nH]c5ccccc5c4c3CC2C)CC1. The molecule has 2 aromatic heterocycles. The second kappa shape index (κ2) is 9.82. The number of nitrogens with zero attached hydrogens (tertiary/aromatic N) is 3.